The molecular weight excluding hydrogens is 383 g/mol. The van der Waals surface area contributed by atoms with Gasteiger partial charge in [-0.25, -0.2) is 13.6 Å². The van der Waals surface area contributed by atoms with Gasteiger partial charge in [0, 0.05) is 13.0 Å². The van der Waals surface area contributed by atoms with Crippen LogP contribution in [0.2, 0.25) is 10.0 Å². The van der Waals surface area contributed by atoms with Gasteiger partial charge in [-0.05, 0) is 42.2 Å². The number of nitrogens with one attached hydrogen (secondary N) is 1. The highest BCUT2D eigenvalue weighted by molar-refractivity contribution is 7.89. The van der Waals surface area contributed by atoms with E-state index in [9.17, 15) is 13.2 Å². The zero-order valence-corrected chi connectivity index (χ0v) is 15.7. The van der Waals surface area contributed by atoms with E-state index < -0.39 is 10.0 Å². The summed E-state index contributed by atoms with van der Waals surface area (Å²) in [4.78, 5) is 12.0. The number of nitrogens with two attached hydrogens (primary N) is 1. The van der Waals surface area contributed by atoms with Gasteiger partial charge < -0.3 is 5.32 Å². The summed E-state index contributed by atoms with van der Waals surface area (Å²) in [6.07, 6.45) is 1.41. The van der Waals surface area contributed by atoms with E-state index in [0.717, 1.165) is 11.1 Å². The number of hydrogen-bond acceptors (Lipinski definition) is 3. The van der Waals surface area contributed by atoms with Crippen molar-refractivity contribution in [3.8, 4) is 0 Å². The molecule has 0 aliphatic carbocycles. The predicted molar refractivity (Wildman–Crippen MR) is 99.3 cm³/mol. The molecule has 8 heteroatoms. The smallest absolute Gasteiger partial charge is 0.238 e. The Bertz CT molecular complexity index is 853. The van der Waals surface area contributed by atoms with Crippen LogP contribution in [0, 0.1) is 0 Å². The van der Waals surface area contributed by atoms with Gasteiger partial charge in [-0.1, -0.05) is 47.5 Å². The van der Waals surface area contributed by atoms with Crippen molar-refractivity contribution in [2.45, 2.75) is 24.2 Å². The summed E-state index contributed by atoms with van der Waals surface area (Å²) in [5.41, 5.74) is 1.74. The van der Waals surface area contributed by atoms with Crippen LogP contribution in [0.4, 0.5) is 0 Å². The molecule has 2 rings (SSSR count). The number of halogens is 2. The molecule has 0 aromatic heterocycles. The topological polar surface area (TPSA) is 89.3 Å². The van der Waals surface area contributed by atoms with E-state index in [0.29, 0.717) is 35.9 Å². The molecule has 1 amide bonds. The van der Waals surface area contributed by atoms with Crippen LogP contribution < -0.4 is 10.5 Å². The maximum atomic E-state index is 11.9. The fraction of sp³-hybridized carbons (Fsp3) is 0.235. The summed E-state index contributed by atoms with van der Waals surface area (Å²) in [6.45, 7) is 0.455. The minimum atomic E-state index is -3.68. The van der Waals surface area contributed by atoms with Gasteiger partial charge in [0.1, 0.15) is 0 Å². The first-order chi connectivity index (χ1) is 11.8. The molecule has 5 nitrogen and oxygen atoms in total. The summed E-state index contributed by atoms with van der Waals surface area (Å²) in [5, 5.41) is 8.82. The number of sulfonamides is 1. The van der Waals surface area contributed by atoms with Gasteiger partial charge in [0.05, 0.1) is 14.9 Å². The SMILES string of the molecule is NS(=O)(=O)c1ccc(CCNC(=O)CCc2cccc(Cl)c2Cl)cc1. The molecule has 0 saturated carbocycles. The number of amides is 1. The van der Waals surface area contributed by atoms with E-state index in [4.69, 9.17) is 28.3 Å². The lowest BCUT2D eigenvalue weighted by atomic mass is 10.1. The van der Waals surface area contributed by atoms with Crippen LogP contribution in [-0.4, -0.2) is 20.9 Å². The van der Waals surface area contributed by atoms with E-state index in [-0.39, 0.29) is 10.8 Å². The van der Waals surface area contributed by atoms with Crippen LogP contribution in [0.1, 0.15) is 17.5 Å². The van der Waals surface area contributed by atoms with Crippen LogP contribution >= 0.6 is 23.2 Å². The van der Waals surface area contributed by atoms with E-state index in [1.54, 1.807) is 24.3 Å². The number of aryl methyl sites for hydroxylation is 1. The van der Waals surface area contributed by atoms with Crippen molar-refractivity contribution in [1.29, 1.82) is 0 Å². The van der Waals surface area contributed by atoms with Crippen molar-refractivity contribution in [2.24, 2.45) is 5.14 Å². The number of carbonyl (C=O) groups excluding carboxylic acids is 1. The summed E-state index contributed by atoms with van der Waals surface area (Å²) in [7, 11) is -3.68. The van der Waals surface area contributed by atoms with Gasteiger partial charge in [0.25, 0.3) is 0 Å². The average molecular weight is 401 g/mol. The van der Waals surface area contributed by atoms with E-state index in [1.165, 1.54) is 12.1 Å². The number of rotatable bonds is 7. The normalized spacial score (nSPS) is 11.3. The van der Waals surface area contributed by atoms with Crippen molar-refractivity contribution in [3.63, 3.8) is 0 Å². The van der Waals surface area contributed by atoms with E-state index in [1.807, 2.05) is 6.07 Å². The van der Waals surface area contributed by atoms with E-state index >= 15 is 0 Å². The summed E-state index contributed by atoms with van der Waals surface area (Å²) in [6, 6.07) is 11.6. The number of primary sulfonamides is 1. The molecule has 2 aromatic rings. The van der Waals surface area contributed by atoms with Crippen molar-refractivity contribution in [2.75, 3.05) is 6.54 Å². The second-order valence-electron chi connectivity index (χ2n) is 5.50. The number of hydrogen-bond donors (Lipinski definition) is 2. The molecule has 25 heavy (non-hydrogen) atoms. The highest BCUT2D eigenvalue weighted by atomic mass is 35.5. The maximum Gasteiger partial charge on any atom is 0.238 e. The van der Waals surface area contributed by atoms with Crippen LogP contribution in [-0.2, 0) is 27.7 Å². The molecule has 0 aliphatic heterocycles. The van der Waals surface area contributed by atoms with Crippen LogP contribution in [0.15, 0.2) is 47.4 Å². The Morgan fingerprint density at radius 2 is 1.72 bits per heavy atom. The molecule has 0 spiro atoms. The highest BCUT2D eigenvalue weighted by Crippen LogP contribution is 2.26. The minimum Gasteiger partial charge on any atom is -0.356 e. The van der Waals surface area contributed by atoms with Crippen LogP contribution in [0.3, 0.4) is 0 Å². The first-order valence-electron chi connectivity index (χ1n) is 7.58. The van der Waals surface area contributed by atoms with Crippen molar-refractivity contribution in [1.82, 2.24) is 5.32 Å². The summed E-state index contributed by atoms with van der Waals surface area (Å²) >= 11 is 12.0. The molecule has 134 valence electrons. The van der Waals surface area contributed by atoms with Crippen molar-refractivity contribution >= 4 is 39.1 Å². The van der Waals surface area contributed by atoms with Gasteiger partial charge in [-0.2, -0.15) is 0 Å². The third kappa shape index (κ3) is 6.01. The molecule has 0 fully saturated rings. The molecule has 0 saturated heterocycles. The zero-order chi connectivity index (χ0) is 18.4. The van der Waals surface area contributed by atoms with Gasteiger partial charge in [-0.15, -0.1) is 0 Å². The van der Waals surface area contributed by atoms with Crippen molar-refractivity contribution < 1.29 is 13.2 Å². The Morgan fingerprint density at radius 1 is 1.04 bits per heavy atom. The molecule has 0 heterocycles. The van der Waals surface area contributed by atoms with Gasteiger partial charge >= 0.3 is 0 Å². The zero-order valence-electron chi connectivity index (χ0n) is 13.3. The molecular formula is C17H18Cl2N2O3S. The highest BCUT2D eigenvalue weighted by Gasteiger charge is 2.08. The minimum absolute atomic E-state index is 0.0682. The second kappa shape index (κ2) is 8.67. The van der Waals surface area contributed by atoms with Crippen LogP contribution in [0.25, 0.3) is 0 Å². The van der Waals surface area contributed by atoms with Gasteiger partial charge in [-0.3, -0.25) is 4.79 Å². The van der Waals surface area contributed by atoms with Crippen molar-refractivity contribution in [3.05, 3.63) is 63.6 Å². The Hall–Kier alpha value is -1.60. The maximum absolute atomic E-state index is 11.9. The molecule has 0 unspecified atom stereocenters. The third-order valence-corrected chi connectivity index (χ3v) is 5.43. The largest absolute Gasteiger partial charge is 0.356 e. The fourth-order valence-corrected chi connectivity index (χ4v) is 3.20. The molecule has 0 aliphatic rings. The quantitative estimate of drug-likeness (QED) is 0.748. The van der Waals surface area contributed by atoms with Gasteiger partial charge in [0.2, 0.25) is 15.9 Å². The third-order valence-electron chi connectivity index (χ3n) is 3.64. The Balaban J connectivity index is 1.78. The summed E-state index contributed by atoms with van der Waals surface area (Å²) < 4.78 is 22.4. The predicted octanol–water partition coefficient (Wildman–Crippen LogP) is 2.93. The first kappa shape index (κ1) is 19.7. The molecule has 0 bridgehead atoms. The number of carbonyl (C=O) groups is 1. The van der Waals surface area contributed by atoms with Crippen LogP contribution in [0.5, 0.6) is 0 Å². The Labute approximate surface area is 157 Å². The monoisotopic (exact) mass is 400 g/mol. The number of benzene rings is 2. The second-order valence-corrected chi connectivity index (χ2v) is 7.85. The van der Waals surface area contributed by atoms with E-state index in [2.05, 4.69) is 5.32 Å². The lowest BCUT2D eigenvalue weighted by Crippen LogP contribution is -2.25. The molecule has 3 N–H and O–H groups in total. The molecule has 2 aromatic carbocycles. The van der Waals surface area contributed by atoms with Gasteiger partial charge in [0.15, 0.2) is 0 Å². The Kier molecular flexibility index (Phi) is 6.84. The standard InChI is InChI=1S/C17H18Cl2N2O3S/c18-15-3-1-2-13(17(15)19)6-9-16(22)21-11-10-12-4-7-14(8-5-12)25(20,23)24/h1-5,7-8H,6,9-11H2,(H,21,22)(H2,20,23,24). The lowest BCUT2D eigenvalue weighted by molar-refractivity contribution is -0.121. The Morgan fingerprint density at radius 3 is 2.36 bits per heavy atom. The molecule has 0 atom stereocenters. The fourth-order valence-electron chi connectivity index (χ4n) is 2.27. The average Bonchev–Trinajstić information content (AvgIpc) is 2.56. The lowest BCUT2D eigenvalue weighted by Gasteiger charge is -2.08. The molecule has 0 radical (unpaired) electrons. The first-order valence-corrected chi connectivity index (χ1v) is 9.89. The summed E-state index contributed by atoms with van der Waals surface area (Å²) in [5.74, 6) is -0.0859.